The molecule has 0 saturated heterocycles. The Balaban J connectivity index is 1.71. The minimum atomic E-state index is -0.155. The van der Waals surface area contributed by atoms with Crippen LogP contribution in [0.5, 0.6) is 0 Å². The Labute approximate surface area is 152 Å². The maximum atomic E-state index is 12.3. The minimum Gasteiger partial charge on any atom is -0.321 e. The van der Waals surface area contributed by atoms with Crippen molar-refractivity contribution in [2.75, 3.05) is 5.32 Å². The van der Waals surface area contributed by atoms with E-state index in [1.807, 2.05) is 31.2 Å². The van der Waals surface area contributed by atoms with Crippen molar-refractivity contribution >= 4 is 23.4 Å². The summed E-state index contributed by atoms with van der Waals surface area (Å²) < 4.78 is 1.59. The summed E-state index contributed by atoms with van der Waals surface area (Å²) in [7, 11) is 1.77. The Morgan fingerprint density at radius 3 is 2.40 bits per heavy atom. The van der Waals surface area contributed by atoms with E-state index in [0.29, 0.717) is 5.69 Å². The van der Waals surface area contributed by atoms with Crippen LogP contribution < -0.4 is 5.32 Å². The minimum absolute atomic E-state index is 0.155. The molecule has 1 N–H and O–H groups in total. The molecule has 0 aliphatic carbocycles. The molecule has 25 heavy (non-hydrogen) atoms. The Morgan fingerprint density at radius 2 is 1.76 bits per heavy atom. The summed E-state index contributed by atoms with van der Waals surface area (Å²) in [6, 6.07) is 16.1. The van der Waals surface area contributed by atoms with Gasteiger partial charge in [0.25, 0.3) is 5.91 Å². The second-order valence-electron chi connectivity index (χ2n) is 6.14. The highest BCUT2D eigenvalue weighted by Gasteiger charge is 2.12. The summed E-state index contributed by atoms with van der Waals surface area (Å²) in [5.74, 6) is -0.155. The fourth-order valence-corrected chi connectivity index (χ4v) is 3.57. The summed E-state index contributed by atoms with van der Waals surface area (Å²) in [5.41, 5.74) is 4.66. The number of hydrogen-bond acceptors (Lipinski definition) is 3. The van der Waals surface area contributed by atoms with Crippen molar-refractivity contribution in [3.05, 3.63) is 71.0 Å². The molecule has 0 aliphatic rings. The molecule has 1 heterocycles. The second kappa shape index (κ2) is 7.15. The average molecular weight is 351 g/mol. The highest BCUT2D eigenvalue weighted by atomic mass is 32.2. The number of rotatable bonds is 4. The molecule has 0 saturated carbocycles. The summed E-state index contributed by atoms with van der Waals surface area (Å²) in [5, 5.41) is 7.12. The highest BCUT2D eigenvalue weighted by molar-refractivity contribution is 7.99. The Morgan fingerprint density at radius 1 is 1.04 bits per heavy atom. The zero-order valence-corrected chi connectivity index (χ0v) is 15.6. The third-order valence-corrected chi connectivity index (χ3v) is 5.09. The van der Waals surface area contributed by atoms with Crippen molar-refractivity contribution in [2.45, 2.75) is 30.6 Å². The number of nitrogens with one attached hydrogen (secondary N) is 1. The normalized spacial score (nSPS) is 10.7. The van der Waals surface area contributed by atoms with E-state index in [1.165, 1.54) is 16.0 Å². The van der Waals surface area contributed by atoms with Gasteiger partial charge < -0.3 is 5.32 Å². The van der Waals surface area contributed by atoms with Gasteiger partial charge in [0.1, 0.15) is 5.69 Å². The summed E-state index contributed by atoms with van der Waals surface area (Å²) in [6.07, 6.45) is 0. The van der Waals surface area contributed by atoms with Gasteiger partial charge in [-0.3, -0.25) is 9.48 Å². The van der Waals surface area contributed by atoms with Crippen LogP contribution in [0.15, 0.2) is 58.3 Å². The van der Waals surface area contributed by atoms with Crippen molar-refractivity contribution in [1.29, 1.82) is 0 Å². The predicted molar refractivity (Wildman–Crippen MR) is 102 cm³/mol. The lowest BCUT2D eigenvalue weighted by atomic mass is 10.2. The fourth-order valence-electron chi connectivity index (χ4n) is 2.57. The van der Waals surface area contributed by atoms with Crippen LogP contribution in [0.2, 0.25) is 0 Å². The van der Waals surface area contributed by atoms with Crippen LogP contribution in [-0.4, -0.2) is 15.7 Å². The molecule has 3 aromatic rings. The lowest BCUT2D eigenvalue weighted by Gasteiger charge is -2.09. The first-order valence-electron chi connectivity index (χ1n) is 8.09. The van der Waals surface area contributed by atoms with Crippen molar-refractivity contribution < 1.29 is 4.79 Å². The average Bonchev–Trinajstić information content (AvgIpc) is 2.91. The fraction of sp³-hybridized carbons (Fsp3) is 0.200. The van der Waals surface area contributed by atoms with Gasteiger partial charge in [-0.2, -0.15) is 5.10 Å². The number of aryl methyl sites for hydroxylation is 4. The van der Waals surface area contributed by atoms with Crippen LogP contribution in [-0.2, 0) is 7.05 Å². The van der Waals surface area contributed by atoms with E-state index in [0.717, 1.165) is 16.3 Å². The molecule has 0 radical (unpaired) electrons. The molecule has 4 nitrogen and oxygen atoms in total. The van der Waals surface area contributed by atoms with Crippen LogP contribution in [0.25, 0.3) is 0 Å². The summed E-state index contributed by atoms with van der Waals surface area (Å²) in [4.78, 5) is 14.7. The van der Waals surface area contributed by atoms with Gasteiger partial charge in [0.15, 0.2) is 0 Å². The molecule has 0 unspecified atom stereocenters. The van der Waals surface area contributed by atoms with Gasteiger partial charge in [-0.15, -0.1) is 0 Å². The van der Waals surface area contributed by atoms with E-state index in [9.17, 15) is 4.79 Å². The van der Waals surface area contributed by atoms with Crippen LogP contribution in [0.3, 0.4) is 0 Å². The van der Waals surface area contributed by atoms with Crippen molar-refractivity contribution in [3.8, 4) is 0 Å². The molecule has 3 rings (SSSR count). The van der Waals surface area contributed by atoms with Gasteiger partial charge in [0.2, 0.25) is 0 Å². The number of benzene rings is 2. The zero-order valence-electron chi connectivity index (χ0n) is 14.8. The third kappa shape index (κ3) is 4.12. The van der Waals surface area contributed by atoms with Crippen molar-refractivity contribution in [3.63, 3.8) is 0 Å². The first-order valence-corrected chi connectivity index (χ1v) is 8.91. The maximum absolute atomic E-state index is 12.3. The quantitative estimate of drug-likeness (QED) is 0.738. The van der Waals surface area contributed by atoms with Crippen LogP contribution in [0.4, 0.5) is 5.69 Å². The first-order chi connectivity index (χ1) is 11.9. The Bertz CT molecular complexity index is 913. The van der Waals surface area contributed by atoms with E-state index >= 15 is 0 Å². The van der Waals surface area contributed by atoms with Gasteiger partial charge >= 0.3 is 0 Å². The molecular weight excluding hydrogens is 330 g/mol. The molecule has 128 valence electrons. The topological polar surface area (TPSA) is 46.9 Å². The zero-order chi connectivity index (χ0) is 18.0. The molecule has 1 aromatic heterocycles. The molecular formula is C20H21N3OS. The van der Waals surface area contributed by atoms with E-state index in [-0.39, 0.29) is 5.91 Å². The molecule has 0 aliphatic heterocycles. The number of hydrogen-bond donors (Lipinski definition) is 1. The molecule has 2 aromatic carbocycles. The van der Waals surface area contributed by atoms with E-state index in [4.69, 9.17) is 0 Å². The molecule has 0 spiro atoms. The monoisotopic (exact) mass is 351 g/mol. The second-order valence-corrected chi connectivity index (χ2v) is 7.26. The SMILES string of the molecule is Cc1ccc(C)c(Sc2ccc(NC(=O)c3cc(C)nn3C)cc2)c1. The van der Waals surface area contributed by atoms with Crippen molar-refractivity contribution in [1.82, 2.24) is 9.78 Å². The molecule has 0 bridgehead atoms. The van der Waals surface area contributed by atoms with E-state index in [1.54, 1.807) is 29.6 Å². The molecule has 5 heteroatoms. The van der Waals surface area contributed by atoms with Gasteiger partial charge in [0.05, 0.1) is 5.69 Å². The number of aromatic nitrogens is 2. The van der Waals surface area contributed by atoms with Gasteiger partial charge in [-0.1, -0.05) is 23.9 Å². The van der Waals surface area contributed by atoms with Gasteiger partial charge in [0, 0.05) is 22.5 Å². The van der Waals surface area contributed by atoms with E-state index in [2.05, 4.69) is 42.5 Å². The lowest BCUT2D eigenvalue weighted by molar-refractivity contribution is 0.101. The first kappa shape index (κ1) is 17.3. The summed E-state index contributed by atoms with van der Waals surface area (Å²) in [6.45, 7) is 6.09. The number of nitrogens with zero attached hydrogens (tertiary/aromatic N) is 2. The number of carbonyl (C=O) groups is 1. The molecule has 0 atom stereocenters. The molecule has 0 fully saturated rings. The number of carbonyl (C=O) groups excluding carboxylic acids is 1. The van der Waals surface area contributed by atoms with Crippen LogP contribution in [0, 0.1) is 20.8 Å². The van der Waals surface area contributed by atoms with Crippen molar-refractivity contribution in [2.24, 2.45) is 7.05 Å². The standard InChI is InChI=1S/C20H21N3OS/c1-13-5-6-14(2)19(11-13)25-17-9-7-16(8-10-17)21-20(24)18-12-15(3)22-23(18)4/h5-12H,1-4H3,(H,21,24). The van der Waals surface area contributed by atoms with Crippen LogP contribution >= 0.6 is 11.8 Å². The van der Waals surface area contributed by atoms with Gasteiger partial charge in [-0.25, -0.2) is 0 Å². The largest absolute Gasteiger partial charge is 0.321 e. The summed E-state index contributed by atoms with van der Waals surface area (Å²) >= 11 is 1.73. The Hall–Kier alpha value is -2.53. The van der Waals surface area contributed by atoms with Gasteiger partial charge in [-0.05, 0) is 68.3 Å². The smallest absolute Gasteiger partial charge is 0.273 e. The van der Waals surface area contributed by atoms with Crippen LogP contribution in [0.1, 0.15) is 27.3 Å². The third-order valence-electron chi connectivity index (χ3n) is 3.92. The number of anilines is 1. The predicted octanol–water partition coefficient (Wildman–Crippen LogP) is 4.75. The Kier molecular flexibility index (Phi) is 4.95. The number of amides is 1. The lowest BCUT2D eigenvalue weighted by Crippen LogP contribution is -2.15. The molecule has 1 amide bonds. The van der Waals surface area contributed by atoms with E-state index < -0.39 is 0 Å². The highest BCUT2D eigenvalue weighted by Crippen LogP contribution is 2.31. The maximum Gasteiger partial charge on any atom is 0.273 e.